The summed E-state index contributed by atoms with van der Waals surface area (Å²) >= 11 is 6.09. The van der Waals surface area contributed by atoms with Gasteiger partial charge in [-0.25, -0.2) is 14.9 Å². The number of amides is 1. The fourth-order valence-corrected chi connectivity index (χ4v) is 4.56. The average molecular weight is 528 g/mol. The van der Waals surface area contributed by atoms with E-state index < -0.39 is 11.7 Å². The highest BCUT2D eigenvalue weighted by Crippen LogP contribution is 2.33. The van der Waals surface area contributed by atoms with E-state index in [-0.39, 0.29) is 16.8 Å². The standard InChI is InChI=1S/C27H31ClFN5O3/c1-18-14-20(28)6-7-22(18)31-25-21(27(35)32-37-16-19-4-5-19)15-23-26(24(25)29)30-17-34(23)9-3-2-8-33-10-12-36-13-11-33/h6-7,10,12,14-15,17,19,31H,2-5,8-9,11,13,16H2,1H3,(H,32,35). The van der Waals surface area contributed by atoms with Crippen molar-refractivity contribution in [1.82, 2.24) is 19.9 Å². The maximum Gasteiger partial charge on any atom is 0.277 e. The van der Waals surface area contributed by atoms with E-state index in [1.165, 1.54) is 0 Å². The average Bonchev–Trinajstić information content (AvgIpc) is 3.63. The number of aryl methyl sites for hydroxylation is 2. The van der Waals surface area contributed by atoms with Crippen LogP contribution < -0.4 is 10.8 Å². The SMILES string of the molecule is Cc1cc(Cl)ccc1Nc1c(C(=O)NOCC2CC2)cc2c(ncn2CCCCN2C=COCC2)c1F. The highest BCUT2D eigenvalue weighted by Gasteiger charge is 2.25. The van der Waals surface area contributed by atoms with Crippen molar-refractivity contribution in [2.75, 3.05) is 31.6 Å². The number of rotatable bonds is 11. The molecule has 10 heteroatoms. The first-order valence-corrected chi connectivity index (χ1v) is 13.0. The molecule has 3 aromatic rings. The minimum atomic E-state index is -0.587. The van der Waals surface area contributed by atoms with Crippen LogP contribution in [-0.4, -0.2) is 46.7 Å². The second-order valence-electron chi connectivity index (χ2n) is 9.59. The number of imidazole rings is 1. The number of hydrogen-bond acceptors (Lipinski definition) is 6. The van der Waals surface area contributed by atoms with Gasteiger partial charge in [0.05, 0.1) is 42.5 Å². The maximum atomic E-state index is 15.9. The minimum absolute atomic E-state index is 0.0507. The number of benzene rings is 2. The van der Waals surface area contributed by atoms with Crippen LogP contribution in [-0.2, 0) is 16.1 Å². The molecule has 8 nitrogen and oxygen atoms in total. The Balaban J connectivity index is 1.38. The molecule has 0 unspecified atom stereocenters. The predicted molar refractivity (Wildman–Crippen MR) is 141 cm³/mol. The van der Waals surface area contributed by atoms with Crippen LogP contribution in [0.4, 0.5) is 15.8 Å². The number of ether oxygens (including phenoxy) is 1. The lowest BCUT2D eigenvalue weighted by atomic mass is 10.1. The van der Waals surface area contributed by atoms with E-state index in [1.54, 1.807) is 36.9 Å². The molecule has 2 aromatic carbocycles. The summed E-state index contributed by atoms with van der Waals surface area (Å²) in [6, 6.07) is 6.93. The summed E-state index contributed by atoms with van der Waals surface area (Å²) in [4.78, 5) is 25.1. The Morgan fingerprint density at radius 3 is 2.86 bits per heavy atom. The normalized spacial score (nSPS) is 15.2. The predicted octanol–water partition coefficient (Wildman–Crippen LogP) is 5.54. The Hall–Kier alpha value is -3.30. The summed E-state index contributed by atoms with van der Waals surface area (Å²) in [6.07, 6.45) is 9.34. The van der Waals surface area contributed by atoms with Crippen molar-refractivity contribution in [1.29, 1.82) is 0 Å². The first kappa shape index (κ1) is 25.4. The zero-order valence-corrected chi connectivity index (χ0v) is 21.6. The smallest absolute Gasteiger partial charge is 0.277 e. The third-order valence-corrected chi connectivity index (χ3v) is 6.92. The number of carbonyl (C=O) groups excluding carboxylic acids is 1. The van der Waals surface area contributed by atoms with Crippen molar-refractivity contribution < 1.29 is 18.8 Å². The fourth-order valence-electron chi connectivity index (χ4n) is 4.33. The van der Waals surface area contributed by atoms with Gasteiger partial charge in [-0.3, -0.25) is 9.63 Å². The molecule has 1 aromatic heterocycles. The van der Waals surface area contributed by atoms with Crippen molar-refractivity contribution in [2.45, 2.75) is 39.2 Å². The Bertz CT molecular complexity index is 1310. The zero-order chi connectivity index (χ0) is 25.8. The first-order chi connectivity index (χ1) is 18.0. The van der Waals surface area contributed by atoms with E-state index in [9.17, 15) is 4.79 Å². The van der Waals surface area contributed by atoms with E-state index >= 15 is 4.39 Å². The molecule has 2 N–H and O–H groups in total. The number of unbranched alkanes of at least 4 members (excludes halogenated alkanes) is 1. The van der Waals surface area contributed by atoms with Crippen molar-refractivity contribution in [2.24, 2.45) is 5.92 Å². The first-order valence-electron chi connectivity index (χ1n) is 12.6. The van der Waals surface area contributed by atoms with Gasteiger partial charge >= 0.3 is 0 Å². The van der Waals surface area contributed by atoms with Crippen LogP contribution in [0.5, 0.6) is 0 Å². The number of anilines is 2. The van der Waals surface area contributed by atoms with E-state index in [2.05, 4.69) is 20.7 Å². The molecule has 2 heterocycles. The zero-order valence-electron chi connectivity index (χ0n) is 20.8. The molecule has 1 amide bonds. The minimum Gasteiger partial charge on any atom is -0.498 e. The van der Waals surface area contributed by atoms with Crippen molar-refractivity contribution in [3.8, 4) is 0 Å². The largest absolute Gasteiger partial charge is 0.498 e. The Morgan fingerprint density at radius 2 is 2.11 bits per heavy atom. The molecule has 0 bridgehead atoms. The molecule has 0 spiro atoms. The summed E-state index contributed by atoms with van der Waals surface area (Å²) in [6.45, 7) is 5.47. The molecule has 196 valence electrons. The van der Waals surface area contributed by atoms with Gasteiger partial charge in [0.1, 0.15) is 12.1 Å². The van der Waals surface area contributed by atoms with Crippen molar-refractivity contribution in [3.63, 3.8) is 0 Å². The Morgan fingerprint density at radius 1 is 1.27 bits per heavy atom. The van der Waals surface area contributed by atoms with Crippen LogP contribution in [0.25, 0.3) is 11.0 Å². The van der Waals surface area contributed by atoms with E-state index in [4.69, 9.17) is 21.2 Å². The van der Waals surface area contributed by atoms with Gasteiger partial charge in [-0.15, -0.1) is 0 Å². The summed E-state index contributed by atoms with van der Waals surface area (Å²) < 4.78 is 23.0. The number of nitrogens with zero attached hydrogens (tertiary/aromatic N) is 3. The van der Waals surface area contributed by atoms with Gasteiger partial charge in [-0.2, -0.15) is 0 Å². The second kappa shape index (κ2) is 11.4. The van der Waals surface area contributed by atoms with Crippen LogP contribution in [0.2, 0.25) is 5.02 Å². The highest BCUT2D eigenvalue weighted by atomic mass is 35.5. The van der Waals surface area contributed by atoms with Gasteiger partial charge in [0, 0.05) is 30.0 Å². The van der Waals surface area contributed by atoms with Gasteiger partial charge in [-0.1, -0.05) is 11.6 Å². The van der Waals surface area contributed by atoms with Crippen LogP contribution in [0, 0.1) is 18.7 Å². The monoisotopic (exact) mass is 527 g/mol. The molecule has 37 heavy (non-hydrogen) atoms. The number of halogens is 2. The van der Waals surface area contributed by atoms with E-state index in [1.807, 2.05) is 17.7 Å². The van der Waals surface area contributed by atoms with Crippen molar-refractivity contribution in [3.05, 3.63) is 65.0 Å². The Labute approximate surface area is 220 Å². The van der Waals surface area contributed by atoms with Gasteiger partial charge in [-0.05, 0) is 68.4 Å². The number of hydroxylamine groups is 1. The van der Waals surface area contributed by atoms with E-state index in [0.29, 0.717) is 41.9 Å². The summed E-state index contributed by atoms with van der Waals surface area (Å²) in [7, 11) is 0. The van der Waals surface area contributed by atoms with Crippen LogP contribution in [0.1, 0.15) is 41.6 Å². The third kappa shape index (κ3) is 6.17. The number of hydrogen-bond donors (Lipinski definition) is 2. The fraction of sp³-hybridized carbons (Fsp3) is 0.407. The molecule has 1 fully saturated rings. The molecule has 0 radical (unpaired) electrons. The molecule has 0 atom stereocenters. The van der Waals surface area contributed by atoms with Gasteiger partial charge in [0.2, 0.25) is 0 Å². The maximum absolute atomic E-state index is 15.9. The topological polar surface area (TPSA) is 80.7 Å². The van der Waals surface area contributed by atoms with E-state index in [0.717, 1.165) is 44.3 Å². The van der Waals surface area contributed by atoms with Crippen LogP contribution in [0.15, 0.2) is 43.1 Å². The van der Waals surface area contributed by atoms with Gasteiger partial charge in [0.15, 0.2) is 5.82 Å². The summed E-state index contributed by atoms with van der Waals surface area (Å²) in [5, 5.41) is 3.67. The molecule has 0 saturated heterocycles. The second-order valence-corrected chi connectivity index (χ2v) is 10.0. The lowest BCUT2D eigenvalue weighted by Crippen LogP contribution is -2.26. The summed E-state index contributed by atoms with van der Waals surface area (Å²) in [5.74, 6) is -0.623. The highest BCUT2D eigenvalue weighted by molar-refractivity contribution is 6.30. The third-order valence-electron chi connectivity index (χ3n) is 6.69. The molecule has 5 rings (SSSR count). The number of carbonyl (C=O) groups is 1. The Kier molecular flexibility index (Phi) is 7.81. The number of aromatic nitrogens is 2. The quantitative estimate of drug-likeness (QED) is 0.252. The molecule has 1 aliphatic carbocycles. The van der Waals surface area contributed by atoms with Gasteiger partial charge in [0.25, 0.3) is 5.91 Å². The molecule has 1 saturated carbocycles. The molecular formula is C27H31ClFN5O3. The lowest BCUT2D eigenvalue weighted by molar-refractivity contribution is 0.0271. The van der Waals surface area contributed by atoms with Crippen LogP contribution >= 0.6 is 11.6 Å². The number of nitrogens with one attached hydrogen (secondary N) is 2. The molecule has 2 aliphatic rings. The lowest BCUT2D eigenvalue weighted by Gasteiger charge is -2.23. The van der Waals surface area contributed by atoms with Crippen molar-refractivity contribution >= 4 is 39.9 Å². The number of fused-ring (bicyclic) bond motifs is 1. The molecule has 1 aliphatic heterocycles. The summed E-state index contributed by atoms with van der Waals surface area (Å²) in [5.41, 5.74) is 4.94. The molecular weight excluding hydrogens is 497 g/mol. The van der Waals surface area contributed by atoms with Crippen LogP contribution in [0.3, 0.4) is 0 Å². The van der Waals surface area contributed by atoms with Gasteiger partial charge < -0.3 is 19.5 Å².